The van der Waals surface area contributed by atoms with Crippen LogP contribution in [0.1, 0.15) is 36.3 Å². The van der Waals surface area contributed by atoms with Crippen LogP contribution in [0, 0.1) is 0 Å². The maximum Gasteiger partial charge on any atom is 0.220 e. The lowest BCUT2D eigenvalue weighted by Gasteiger charge is -2.38. The highest BCUT2D eigenvalue weighted by Gasteiger charge is 2.35. The molecule has 102 valence electrons. The second-order valence-corrected chi connectivity index (χ2v) is 5.23. The Labute approximate surface area is 113 Å². The normalized spacial score (nSPS) is 25.1. The Kier molecular flexibility index (Phi) is 3.09. The molecular formula is C15H19NO3. The topological polar surface area (TPSA) is 47.6 Å². The second-order valence-electron chi connectivity index (χ2n) is 5.23. The van der Waals surface area contributed by atoms with Crippen molar-refractivity contribution >= 4 is 5.91 Å². The lowest BCUT2D eigenvalue weighted by Crippen LogP contribution is -2.45. The molecule has 1 heterocycles. The van der Waals surface area contributed by atoms with Crippen LogP contribution in [0.15, 0.2) is 12.1 Å². The number of carbonyl (C=O) groups is 1. The fraction of sp³-hybridized carbons (Fsp3) is 0.533. The quantitative estimate of drug-likeness (QED) is 0.886. The van der Waals surface area contributed by atoms with Gasteiger partial charge in [-0.2, -0.15) is 0 Å². The van der Waals surface area contributed by atoms with Gasteiger partial charge in [-0.1, -0.05) is 6.07 Å². The van der Waals surface area contributed by atoms with Gasteiger partial charge in [0.2, 0.25) is 5.91 Å². The van der Waals surface area contributed by atoms with Crippen molar-refractivity contribution in [1.29, 1.82) is 0 Å². The van der Waals surface area contributed by atoms with Crippen molar-refractivity contribution in [3.63, 3.8) is 0 Å². The molecule has 0 saturated carbocycles. The van der Waals surface area contributed by atoms with E-state index in [9.17, 15) is 4.79 Å². The second kappa shape index (κ2) is 4.76. The van der Waals surface area contributed by atoms with E-state index < -0.39 is 0 Å². The summed E-state index contributed by atoms with van der Waals surface area (Å²) < 4.78 is 10.9. The number of amides is 1. The lowest BCUT2D eigenvalue weighted by atomic mass is 9.75. The van der Waals surface area contributed by atoms with Gasteiger partial charge in [-0.25, -0.2) is 0 Å². The standard InChI is InChI=1S/C15H19NO3/c1-18-13-7-4-9-10-5-8-14(17)16-12(10)6-3-11(9)15(13)19-2/h4,7,10,12H,3,5-6,8H2,1-2H3,(H,16,17)/t10-,12-/m1/s1. The van der Waals surface area contributed by atoms with E-state index in [1.165, 1.54) is 11.1 Å². The molecule has 1 fully saturated rings. The molecule has 2 atom stereocenters. The monoisotopic (exact) mass is 261 g/mol. The zero-order chi connectivity index (χ0) is 13.4. The first kappa shape index (κ1) is 12.3. The Bertz CT molecular complexity index is 512. The van der Waals surface area contributed by atoms with Gasteiger partial charge in [-0.05, 0) is 30.9 Å². The van der Waals surface area contributed by atoms with Gasteiger partial charge < -0.3 is 14.8 Å². The minimum Gasteiger partial charge on any atom is -0.493 e. The van der Waals surface area contributed by atoms with Crippen LogP contribution in [0.3, 0.4) is 0 Å². The average Bonchev–Trinajstić information content (AvgIpc) is 2.45. The van der Waals surface area contributed by atoms with Gasteiger partial charge in [-0.3, -0.25) is 4.79 Å². The Morgan fingerprint density at radius 3 is 2.74 bits per heavy atom. The highest BCUT2D eigenvalue weighted by molar-refractivity contribution is 5.77. The summed E-state index contributed by atoms with van der Waals surface area (Å²) in [6, 6.07) is 4.38. The van der Waals surface area contributed by atoms with E-state index in [2.05, 4.69) is 11.4 Å². The van der Waals surface area contributed by atoms with Crippen molar-refractivity contribution in [3.8, 4) is 11.5 Å². The van der Waals surface area contributed by atoms with Gasteiger partial charge in [0.05, 0.1) is 14.2 Å². The van der Waals surface area contributed by atoms with E-state index >= 15 is 0 Å². The maximum atomic E-state index is 11.5. The van der Waals surface area contributed by atoms with E-state index in [4.69, 9.17) is 9.47 Å². The molecular weight excluding hydrogens is 242 g/mol. The van der Waals surface area contributed by atoms with Crippen LogP contribution in [0.25, 0.3) is 0 Å². The van der Waals surface area contributed by atoms with Crippen LogP contribution in [0.4, 0.5) is 0 Å². The predicted octanol–water partition coefficient (Wildman–Crippen LogP) is 2.01. The van der Waals surface area contributed by atoms with Gasteiger partial charge >= 0.3 is 0 Å². The highest BCUT2D eigenvalue weighted by atomic mass is 16.5. The van der Waals surface area contributed by atoms with Gasteiger partial charge in [0, 0.05) is 23.9 Å². The Morgan fingerprint density at radius 1 is 1.16 bits per heavy atom. The number of nitrogens with one attached hydrogen (secondary N) is 1. The number of ether oxygens (including phenoxy) is 2. The number of fused-ring (bicyclic) bond motifs is 3. The SMILES string of the molecule is COc1ccc2c(c1OC)CC[C@H]1NC(=O)CC[C@H]21. The molecule has 0 aromatic heterocycles. The van der Waals surface area contributed by atoms with E-state index in [1.54, 1.807) is 14.2 Å². The zero-order valence-corrected chi connectivity index (χ0v) is 11.4. The molecule has 0 unspecified atom stereocenters. The molecule has 3 rings (SSSR count). The van der Waals surface area contributed by atoms with E-state index in [1.807, 2.05) is 6.07 Å². The first-order chi connectivity index (χ1) is 9.24. The van der Waals surface area contributed by atoms with Crippen LogP contribution in [-0.4, -0.2) is 26.2 Å². The molecule has 4 heteroatoms. The van der Waals surface area contributed by atoms with E-state index in [0.29, 0.717) is 12.3 Å². The largest absolute Gasteiger partial charge is 0.493 e. The molecule has 0 spiro atoms. The molecule has 1 N–H and O–H groups in total. The molecule has 1 amide bonds. The fourth-order valence-corrected chi connectivity index (χ4v) is 3.42. The third kappa shape index (κ3) is 1.95. The molecule has 1 saturated heterocycles. The van der Waals surface area contributed by atoms with Crippen molar-refractivity contribution in [2.24, 2.45) is 0 Å². The molecule has 2 aliphatic rings. The summed E-state index contributed by atoms with van der Waals surface area (Å²) in [5, 5.41) is 3.11. The summed E-state index contributed by atoms with van der Waals surface area (Å²) in [7, 11) is 3.35. The highest BCUT2D eigenvalue weighted by Crippen LogP contribution is 2.44. The summed E-state index contributed by atoms with van der Waals surface area (Å²) in [5.41, 5.74) is 2.56. The predicted molar refractivity (Wildman–Crippen MR) is 71.8 cm³/mol. The number of benzene rings is 1. The van der Waals surface area contributed by atoms with Crippen LogP contribution in [0.2, 0.25) is 0 Å². The smallest absolute Gasteiger partial charge is 0.220 e. The summed E-state index contributed by atoms with van der Waals surface area (Å²) in [5.74, 6) is 2.25. The molecule has 4 nitrogen and oxygen atoms in total. The summed E-state index contributed by atoms with van der Waals surface area (Å²) in [4.78, 5) is 11.5. The number of hydrogen-bond acceptors (Lipinski definition) is 3. The van der Waals surface area contributed by atoms with Crippen molar-refractivity contribution in [3.05, 3.63) is 23.3 Å². The number of rotatable bonds is 2. The summed E-state index contributed by atoms with van der Waals surface area (Å²) in [6.45, 7) is 0. The molecule has 0 radical (unpaired) electrons. The Hall–Kier alpha value is -1.71. The van der Waals surface area contributed by atoms with Crippen LogP contribution >= 0.6 is 0 Å². The van der Waals surface area contributed by atoms with Crippen molar-refractivity contribution in [2.75, 3.05) is 14.2 Å². The number of carbonyl (C=O) groups excluding carboxylic acids is 1. The fourth-order valence-electron chi connectivity index (χ4n) is 3.42. The van der Waals surface area contributed by atoms with Gasteiger partial charge in [0.1, 0.15) is 0 Å². The average molecular weight is 261 g/mol. The van der Waals surface area contributed by atoms with Crippen molar-refractivity contribution in [1.82, 2.24) is 5.32 Å². The van der Waals surface area contributed by atoms with E-state index in [0.717, 1.165) is 30.8 Å². The molecule has 1 aliphatic carbocycles. The Balaban J connectivity index is 2.02. The van der Waals surface area contributed by atoms with Crippen molar-refractivity contribution in [2.45, 2.75) is 37.6 Å². The third-order valence-corrected chi connectivity index (χ3v) is 4.30. The maximum absolute atomic E-state index is 11.5. The molecule has 19 heavy (non-hydrogen) atoms. The van der Waals surface area contributed by atoms with Gasteiger partial charge in [0.15, 0.2) is 11.5 Å². The molecule has 1 aromatic carbocycles. The number of piperidine rings is 1. The number of methoxy groups -OCH3 is 2. The zero-order valence-electron chi connectivity index (χ0n) is 11.4. The summed E-state index contributed by atoms with van der Waals surface area (Å²) in [6.07, 6.45) is 3.46. The number of hydrogen-bond donors (Lipinski definition) is 1. The van der Waals surface area contributed by atoms with Crippen LogP contribution in [0.5, 0.6) is 11.5 Å². The first-order valence-electron chi connectivity index (χ1n) is 6.77. The minimum absolute atomic E-state index is 0.185. The van der Waals surface area contributed by atoms with Gasteiger partial charge in [0.25, 0.3) is 0 Å². The van der Waals surface area contributed by atoms with E-state index in [-0.39, 0.29) is 11.9 Å². The first-order valence-corrected chi connectivity index (χ1v) is 6.77. The minimum atomic E-state index is 0.185. The molecule has 1 aliphatic heterocycles. The van der Waals surface area contributed by atoms with Gasteiger partial charge in [-0.15, -0.1) is 0 Å². The molecule has 1 aromatic rings. The van der Waals surface area contributed by atoms with Crippen LogP contribution < -0.4 is 14.8 Å². The lowest BCUT2D eigenvalue weighted by molar-refractivity contribution is -0.123. The van der Waals surface area contributed by atoms with Crippen molar-refractivity contribution < 1.29 is 14.3 Å². The third-order valence-electron chi connectivity index (χ3n) is 4.30. The van der Waals surface area contributed by atoms with Crippen LogP contribution in [-0.2, 0) is 11.2 Å². The molecule has 0 bridgehead atoms. The Morgan fingerprint density at radius 2 is 2.00 bits per heavy atom. The summed E-state index contributed by atoms with van der Waals surface area (Å²) >= 11 is 0.